The Balaban J connectivity index is 1.09. The summed E-state index contributed by atoms with van der Waals surface area (Å²) >= 11 is 0. The number of ether oxygens (including phenoxy) is 1. The fraction of sp³-hybridized carbons (Fsp3) is 0.233. The molecule has 0 atom stereocenters. The van der Waals surface area contributed by atoms with Gasteiger partial charge in [0.1, 0.15) is 18.1 Å². The van der Waals surface area contributed by atoms with Crippen LogP contribution in [0.5, 0.6) is 5.75 Å². The number of amides is 1. The van der Waals surface area contributed by atoms with Crippen LogP contribution in [0.15, 0.2) is 83.7 Å². The lowest BCUT2D eigenvalue weighted by molar-refractivity contribution is 0.0921. The van der Waals surface area contributed by atoms with Crippen LogP contribution in [0.1, 0.15) is 53.3 Å². The average Bonchev–Trinajstić information content (AvgIpc) is 3.37. The highest BCUT2D eigenvalue weighted by Crippen LogP contribution is 2.34. The number of hydrogen-bond acceptors (Lipinski definition) is 4. The van der Waals surface area contributed by atoms with Crippen LogP contribution in [-0.4, -0.2) is 27.1 Å². The molecule has 3 N–H and O–H groups in total. The number of carbonyl (C=O) groups excluding carboxylic acids is 1. The predicted molar refractivity (Wildman–Crippen MR) is 144 cm³/mol. The second kappa shape index (κ2) is 9.93. The summed E-state index contributed by atoms with van der Waals surface area (Å²) < 4.78 is 5.93. The number of rotatable bonds is 6. The van der Waals surface area contributed by atoms with Crippen molar-refractivity contribution < 1.29 is 9.53 Å². The number of carbonyl (C=O) groups is 1. The Morgan fingerprint density at radius 3 is 2.49 bits per heavy atom. The molecule has 0 unspecified atom stereocenters. The summed E-state index contributed by atoms with van der Waals surface area (Å²) in [4.78, 5) is 28.4. The molecule has 5 aromatic rings. The molecule has 1 aliphatic rings. The van der Waals surface area contributed by atoms with Gasteiger partial charge in [-0.25, -0.2) is 5.10 Å². The van der Waals surface area contributed by atoms with Gasteiger partial charge in [0.2, 0.25) is 0 Å². The van der Waals surface area contributed by atoms with Crippen LogP contribution in [0.4, 0.5) is 0 Å². The summed E-state index contributed by atoms with van der Waals surface area (Å²) in [7, 11) is 0. The van der Waals surface area contributed by atoms with Crippen LogP contribution in [0.3, 0.4) is 0 Å². The topological polar surface area (TPSA) is 99.9 Å². The van der Waals surface area contributed by atoms with Gasteiger partial charge in [-0.15, -0.1) is 0 Å². The SMILES string of the molecule is O=C(N[C@H]1CC[C@H](c2n[nH]c(=O)c3ccccc32)CC1)c1cc2cc(OCc3ccccc3)ccc2[nH]1. The van der Waals surface area contributed by atoms with Gasteiger partial charge < -0.3 is 15.0 Å². The van der Waals surface area contributed by atoms with Crippen LogP contribution in [0, 0.1) is 0 Å². The maximum absolute atomic E-state index is 13.0. The summed E-state index contributed by atoms with van der Waals surface area (Å²) in [5, 5.41) is 12.8. The van der Waals surface area contributed by atoms with Crippen LogP contribution in [0.25, 0.3) is 21.7 Å². The summed E-state index contributed by atoms with van der Waals surface area (Å²) in [5.41, 5.74) is 3.34. The van der Waals surface area contributed by atoms with Crippen LogP contribution < -0.4 is 15.6 Å². The van der Waals surface area contributed by atoms with Gasteiger partial charge in [0.15, 0.2) is 0 Å². The zero-order valence-electron chi connectivity index (χ0n) is 20.4. The maximum atomic E-state index is 13.0. The van der Waals surface area contributed by atoms with E-state index in [0.29, 0.717) is 17.7 Å². The van der Waals surface area contributed by atoms with E-state index in [1.807, 2.05) is 78.9 Å². The van der Waals surface area contributed by atoms with Crippen molar-refractivity contribution in [3.63, 3.8) is 0 Å². The van der Waals surface area contributed by atoms with E-state index >= 15 is 0 Å². The fourth-order valence-electron chi connectivity index (χ4n) is 5.29. The average molecular weight is 493 g/mol. The van der Waals surface area contributed by atoms with E-state index < -0.39 is 0 Å². The van der Waals surface area contributed by atoms with Crippen molar-refractivity contribution in [2.24, 2.45) is 0 Å². The molecule has 2 heterocycles. The largest absolute Gasteiger partial charge is 0.489 e. The van der Waals surface area contributed by atoms with Crippen molar-refractivity contribution in [3.8, 4) is 5.75 Å². The minimum Gasteiger partial charge on any atom is -0.489 e. The Morgan fingerprint density at radius 2 is 1.68 bits per heavy atom. The van der Waals surface area contributed by atoms with Gasteiger partial charge in [-0.2, -0.15) is 5.10 Å². The summed E-state index contributed by atoms with van der Waals surface area (Å²) in [6.07, 6.45) is 3.54. The second-order valence-corrected chi connectivity index (χ2v) is 9.71. The van der Waals surface area contributed by atoms with E-state index in [1.165, 1.54) is 0 Å². The third-order valence-corrected chi connectivity index (χ3v) is 7.26. The molecule has 1 saturated carbocycles. The third-order valence-electron chi connectivity index (χ3n) is 7.26. The minimum atomic E-state index is -0.159. The van der Waals surface area contributed by atoms with Gasteiger partial charge in [0.05, 0.1) is 11.1 Å². The number of aromatic amines is 2. The van der Waals surface area contributed by atoms with E-state index in [-0.39, 0.29) is 23.4 Å². The molecule has 1 fully saturated rings. The summed E-state index contributed by atoms with van der Waals surface area (Å²) in [6, 6.07) is 25.5. The standard InChI is InChI=1S/C30H28N4O3/c35-29-25-9-5-4-8-24(25)28(33-34-29)20-10-12-22(13-11-20)31-30(36)27-17-21-16-23(14-15-26(21)32-27)37-18-19-6-2-1-3-7-19/h1-9,14-17,20,22,32H,10-13,18H2,(H,31,36)(H,34,35)/t20-,22-. The van der Waals surface area contributed by atoms with Gasteiger partial charge in [-0.3, -0.25) is 9.59 Å². The quantitative estimate of drug-likeness (QED) is 0.294. The maximum Gasteiger partial charge on any atom is 0.272 e. The minimum absolute atomic E-state index is 0.0981. The number of nitrogens with one attached hydrogen (secondary N) is 3. The van der Waals surface area contributed by atoms with Crippen LogP contribution >= 0.6 is 0 Å². The first-order valence-electron chi connectivity index (χ1n) is 12.7. The Bertz CT molecular complexity index is 1610. The molecule has 0 aliphatic heterocycles. The van der Waals surface area contributed by atoms with Crippen molar-refractivity contribution in [2.45, 2.75) is 44.2 Å². The van der Waals surface area contributed by atoms with Gasteiger partial charge in [-0.1, -0.05) is 48.5 Å². The Labute approximate surface area is 213 Å². The lowest BCUT2D eigenvalue weighted by atomic mass is 9.82. The zero-order valence-corrected chi connectivity index (χ0v) is 20.4. The summed E-state index contributed by atoms with van der Waals surface area (Å²) in [5.74, 6) is 0.931. The third kappa shape index (κ3) is 4.85. The highest BCUT2D eigenvalue weighted by atomic mass is 16.5. The van der Waals surface area contributed by atoms with Crippen LogP contribution in [0.2, 0.25) is 0 Å². The number of benzene rings is 3. The Hall–Kier alpha value is -4.39. The lowest BCUT2D eigenvalue weighted by Crippen LogP contribution is -2.37. The number of hydrogen-bond donors (Lipinski definition) is 3. The molecule has 0 bridgehead atoms. The molecule has 7 nitrogen and oxygen atoms in total. The molecule has 186 valence electrons. The van der Waals surface area contributed by atoms with Crippen molar-refractivity contribution in [2.75, 3.05) is 0 Å². The Morgan fingerprint density at radius 1 is 0.919 bits per heavy atom. The van der Waals surface area contributed by atoms with Crippen LogP contribution in [-0.2, 0) is 6.61 Å². The van der Waals surface area contributed by atoms with E-state index in [2.05, 4.69) is 20.5 Å². The van der Waals surface area contributed by atoms with Gasteiger partial charge >= 0.3 is 0 Å². The highest BCUT2D eigenvalue weighted by Gasteiger charge is 2.26. The number of nitrogens with zero attached hydrogens (tertiary/aromatic N) is 1. The lowest BCUT2D eigenvalue weighted by Gasteiger charge is -2.29. The molecular weight excluding hydrogens is 464 g/mol. The van der Waals surface area contributed by atoms with E-state index in [9.17, 15) is 9.59 Å². The first-order chi connectivity index (χ1) is 18.1. The van der Waals surface area contributed by atoms with E-state index in [0.717, 1.165) is 59.0 Å². The molecular formula is C30H28N4O3. The number of aromatic nitrogens is 3. The van der Waals surface area contributed by atoms with Crippen molar-refractivity contribution in [1.29, 1.82) is 0 Å². The molecule has 3 aromatic carbocycles. The zero-order chi connectivity index (χ0) is 25.2. The van der Waals surface area contributed by atoms with E-state index in [4.69, 9.17) is 4.74 Å². The molecule has 7 heteroatoms. The van der Waals surface area contributed by atoms with Crippen molar-refractivity contribution in [1.82, 2.24) is 20.5 Å². The number of fused-ring (bicyclic) bond motifs is 2. The smallest absolute Gasteiger partial charge is 0.272 e. The Kier molecular flexibility index (Phi) is 6.18. The van der Waals surface area contributed by atoms with E-state index in [1.54, 1.807) is 0 Å². The summed E-state index contributed by atoms with van der Waals surface area (Å²) in [6.45, 7) is 0.497. The highest BCUT2D eigenvalue weighted by molar-refractivity contribution is 5.98. The monoisotopic (exact) mass is 492 g/mol. The molecule has 1 aliphatic carbocycles. The number of H-pyrrole nitrogens is 2. The molecule has 0 spiro atoms. The van der Waals surface area contributed by atoms with Gasteiger partial charge in [0, 0.05) is 28.2 Å². The first kappa shape index (κ1) is 23.0. The molecule has 1 amide bonds. The van der Waals surface area contributed by atoms with Crippen molar-refractivity contribution in [3.05, 3.63) is 106 Å². The second-order valence-electron chi connectivity index (χ2n) is 9.71. The first-order valence-corrected chi connectivity index (χ1v) is 12.7. The fourth-order valence-corrected chi connectivity index (χ4v) is 5.29. The van der Waals surface area contributed by atoms with Gasteiger partial charge in [-0.05, 0) is 61.6 Å². The normalized spacial score (nSPS) is 17.6. The molecule has 2 aromatic heterocycles. The predicted octanol–water partition coefficient (Wildman–Crippen LogP) is 5.44. The van der Waals surface area contributed by atoms with Gasteiger partial charge in [0.25, 0.3) is 11.5 Å². The molecule has 6 rings (SSSR count). The molecule has 0 radical (unpaired) electrons. The molecule has 37 heavy (non-hydrogen) atoms. The van der Waals surface area contributed by atoms with Crippen molar-refractivity contribution >= 4 is 27.6 Å². The molecule has 0 saturated heterocycles.